The number of hydrogen-bond donors (Lipinski definition) is 0. The maximum Gasteiger partial charge on any atom is 0.241 e. The quantitative estimate of drug-likeness (QED) is 0.627. The minimum atomic E-state index is 0.232. The number of rotatable bonds is 3. The zero-order chi connectivity index (χ0) is 10.1. The molecule has 0 aromatic heterocycles. The van der Waals surface area contributed by atoms with E-state index in [0.29, 0.717) is 11.8 Å². The SMILES string of the molecule is CC(C)CN1C[C@H]1C(=O)N1CCCC1. The van der Waals surface area contributed by atoms with Crippen LogP contribution in [-0.2, 0) is 4.79 Å². The third kappa shape index (κ3) is 2.08. The molecule has 0 spiro atoms. The zero-order valence-electron chi connectivity index (χ0n) is 9.20. The summed E-state index contributed by atoms with van der Waals surface area (Å²) < 4.78 is 0. The molecule has 2 aliphatic rings. The molecule has 0 aromatic rings. The molecule has 14 heavy (non-hydrogen) atoms. The molecule has 1 unspecified atom stereocenters. The molecule has 3 nitrogen and oxygen atoms in total. The Labute approximate surface area is 86.1 Å². The van der Waals surface area contributed by atoms with Crippen molar-refractivity contribution < 1.29 is 4.79 Å². The van der Waals surface area contributed by atoms with E-state index < -0.39 is 0 Å². The van der Waals surface area contributed by atoms with Crippen molar-refractivity contribution >= 4 is 5.91 Å². The van der Waals surface area contributed by atoms with Gasteiger partial charge in [-0.2, -0.15) is 0 Å². The average Bonchev–Trinajstić information content (AvgIpc) is 2.67. The van der Waals surface area contributed by atoms with Gasteiger partial charge in [-0.15, -0.1) is 0 Å². The molecule has 0 radical (unpaired) electrons. The highest BCUT2D eigenvalue weighted by molar-refractivity contribution is 5.85. The van der Waals surface area contributed by atoms with Crippen LogP contribution in [0.4, 0.5) is 0 Å². The number of carbonyl (C=O) groups is 1. The molecule has 80 valence electrons. The molecular formula is C11H20N2O. The van der Waals surface area contributed by atoms with Crippen molar-refractivity contribution in [3.63, 3.8) is 0 Å². The normalized spacial score (nSPS) is 31.2. The molecule has 2 fully saturated rings. The third-order valence-electron chi connectivity index (χ3n) is 3.02. The minimum Gasteiger partial charge on any atom is -0.341 e. The van der Waals surface area contributed by atoms with E-state index in [9.17, 15) is 4.79 Å². The molecule has 2 aliphatic heterocycles. The second-order valence-corrected chi connectivity index (χ2v) is 4.90. The van der Waals surface area contributed by atoms with Crippen molar-refractivity contribution in [3.8, 4) is 0 Å². The molecule has 2 atom stereocenters. The molecule has 0 saturated carbocycles. The number of likely N-dealkylation sites (tertiary alicyclic amines) is 1. The predicted octanol–water partition coefficient (Wildman–Crippen LogP) is 0.949. The lowest BCUT2D eigenvalue weighted by Gasteiger charge is -2.15. The molecule has 2 saturated heterocycles. The Bertz CT molecular complexity index is 221. The van der Waals surface area contributed by atoms with E-state index in [-0.39, 0.29) is 6.04 Å². The number of nitrogens with zero attached hydrogens (tertiary/aromatic N) is 2. The summed E-state index contributed by atoms with van der Waals surface area (Å²) in [6.07, 6.45) is 2.39. The summed E-state index contributed by atoms with van der Waals surface area (Å²) in [7, 11) is 0. The van der Waals surface area contributed by atoms with Crippen LogP contribution in [0, 0.1) is 5.92 Å². The van der Waals surface area contributed by atoms with Crippen LogP contribution in [0.3, 0.4) is 0 Å². The minimum absolute atomic E-state index is 0.232. The molecule has 0 aromatic carbocycles. The van der Waals surface area contributed by atoms with Crippen molar-refractivity contribution in [2.75, 3.05) is 26.2 Å². The predicted molar refractivity (Wildman–Crippen MR) is 56.0 cm³/mol. The second-order valence-electron chi connectivity index (χ2n) is 4.90. The van der Waals surface area contributed by atoms with E-state index in [4.69, 9.17) is 0 Å². The smallest absolute Gasteiger partial charge is 0.241 e. The van der Waals surface area contributed by atoms with Gasteiger partial charge in [0, 0.05) is 26.2 Å². The van der Waals surface area contributed by atoms with Gasteiger partial charge in [0.05, 0.1) is 0 Å². The van der Waals surface area contributed by atoms with Crippen LogP contribution in [0.15, 0.2) is 0 Å². The molecule has 3 heteroatoms. The van der Waals surface area contributed by atoms with Gasteiger partial charge in [-0.05, 0) is 18.8 Å². The van der Waals surface area contributed by atoms with Crippen molar-refractivity contribution in [2.45, 2.75) is 32.7 Å². The fourth-order valence-electron chi connectivity index (χ4n) is 2.23. The van der Waals surface area contributed by atoms with E-state index in [0.717, 1.165) is 26.2 Å². The zero-order valence-corrected chi connectivity index (χ0v) is 9.20. The first-order chi connectivity index (χ1) is 6.68. The molecule has 2 rings (SSSR count). The molecule has 0 N–H and O–H groups in total. The highest BCUT2D eigenvalue weighted by Gasteiger charge is 2.42. The van der Waals surface area contributed by atoms with Gasteiger partial charge < -0.3 is 4.90 Å². The molecule has 0 bridgehead atoms. The van der Waals surface area contributed by atoms with E-state index in [1.54, 1.807) is 0 Å². The summed E-state index contributed by atoms with van der Waals surface area (Å²) in [4.78, 5) is 16.2. The summed E-state index contributed by atoms with van der Waals surface area (Å²) in [5.74, 6) is 1.05. The Balaban J connectivity index is 1.78. The second kappa shape index (κ2) is 3.89. The molecule has 0 aliphatic carbocycles. The highest BCUT2D eigenvalue weighted by atomic mass is 16.2. The Morgan fingerprint density at radius 1 is 1.36 bits per heavy atom. The molecular weight excluding hydrogens is 176 g/mol. The van der Waals surface area contributed by atoms with Crippen LogP contribution in [0.1, 0.15) is 26.7 Å². The summed E-state index contributed by atoms with van der Waals surface area (Å²) in [6.45, 7) is 8.46. The lowest BCUT2D eigenvalue weighted by atomic mass is 10.2. The summed E-state index contributed by atoms with van der Waals surface area (Å²) in [5.41, 5.74) is 0. The lowest BCUT2D eigenvalue weighted by Crippen LogP contribution is -2.33. The van der Waals surface area contributed by atoms with Gasteiger partial charge >= 0.3 is 0 Å². The van der Waals surface area contributed by atoms with Crippen molar-refractivity contribution in [3.05, 3.63) is 0 Å². The van der Waals surface area contributed by atoms with Crippen LogP contribution in [0.5, 0.6) is 0 Å². The van der Waals surface area contributed by atoms with Gasteiger partial charge in [-0.3, -0.25) is 9.69 Å². The third-order valence-corrected chi connectivity index (χ3v) is 3.02. The summed E-state index contributed by atoms with van der Waals surface area (Å²) in [6, 6.07) is 0.232. The highest BCUT2D eigenvalue weighted by Crippen LogP contribution is 2.23. The largest absolute Gasteiger partial charge is 0.341 e. The van der Waals surface area contributed by atoms with E-state index in [1.165, 1.54) is 12.8 Å². The lowest BCUT2D eigenvalue weighted by molar-refractivity contribution is -0.130. The van der Waals surface area contributed by atoms with Gasteiger partial charge in [-0.1, -0.05) is 13.8 Å². The number of amides is 1. The van der Waals surface area contributed by atoms with Gasteiger partial charge in [0.2, 0.25) is 5.91 Å². The van der Waals surface area contributed by atoms with Crippen molar-refractivity contribution in [1.29, 1.82) is 0 Å². The Kier molecular flexibility index (Phi) is 2.77. The van der Waals surface area contributed by atoms with E-state index >= 15 is 0 Å². The van der Waals surface area contributed by atoms with Crippen molar-refractivity contribution in [1.82, 2.24) is 9.80 Å². The average molecular weight is 196 g/mol. The monoisotopic (exact) mass is 196 g/mol. The maximum absolute atomic E-state index is 11.9. The first-order valence-corrected chi connectivity index (χ1v) is 5.71. The van der Waals surface area contributed by atoms with Crippen LogP contribution in [0.25, 0.3) is 0 Å². The van der Waals surface area contributed by atoms with Crippen LogP contribution in [0.2, 0.25) is 0 Å². The van der Waals surface area contributed by atoms with Crippen LogP contribution >= 0.6 is 0 Å². The van der Waals surface area contributed by atoms with Crippen molar-refractivity contribution in [2.24, 2.45) is 5.92 Å². The summed E-state index contributed by atoms with van der Waals surface area (Å²) >= 11 is 0. The van der Waals surface area contributed by atoms with E-state index in [2.05, 4.69) is 18.7 Å². The van der Waals surface area contributed by atoms with Gasteiger partial charge in [-0.25, -0.2) is 0 Å². The maximum atomic E-state index is 11.9. The Morgan fingerprint density at radius 3 is 2.57 bits per heavy atom. The Hall–Kier alpha value is -0.570. The fraction of sp³-hybridized carbons (Fsp3) is 0.909. The fourth-order valence-corrected chi connectivity index (χ4v) is 2.23. The number of hydrogen-bond acceptors (Lipinski definition) is 2. The Morgan fingerprint density at radius 2 is 2.00 bits per heavy atom. The molecule has 2 heterocycles. The van der Waals surface area contributed by atoms with Gasteiger partial charge in [0.15, 0.2) is 0 Å². The number of carbonyl (C=O) groups excluding carboxylic acids is 1. The molecule has 1 amide bonds. The first kappa shape index (κ1) is 9.97. The van der Waals surface area contributed by atoms with Gasteiger partial charge in [0.25, 0.3) is 0 Å². The van der Waals surface area contributed by atoms with Gasteiger partial charge in [0.1, 0.15) is 6.04 Å². The standard InChI is InChI=1S/C11H20N2O/c1-9(2)7-13-8-10(13)11(14)12-5-3-4-6-12/h9-10H,3-8H2,1-2H3/t10-,13?/m0/s1. The van der Waals surface area contributed by atoms with Crippen LogP contribution in [-0.4, -0.2) is 47.9 Å². The summed E-state index contributed by atoms with van der Waals surface area (Å²) in [5, 5.41) is 0. The van der Waals surface area contributed by atoms with Crippen LogP contribution < -0.4 is 0 Å². The van der Waals surface area contributed by atoms with E-state index in [1.807, 2.05) is 4.90 Å². The topological polar surface area (TPSA) is 23.3 Å². The first-order valence-electron chi connectivity index (χ1n) is 5.71.